The Hall–Kier alpha value is -3.35. The van der Waals surface area contributed by atoms with Crippen LogP contribution < -0.4 is 0 Å². The van der Waals surface area contributed by atoms with E-state index in [2.05, 4.69) is 0 Å². The number of hydrogen-bond acceptors (Lipinski definition) is 1. The molecule has 0 fully saturated rings. The smallest absolute Gasteiger partial charge is 0.298 e. The Kier molecular flexibility index (Phi) is 5.82. The lowest BCUT2D eigenvalue weighted by molar-refractivity contribution is -0.143. The summed E-state index contributed by atoms with van der Waals surface area (Å²) in [5.41, 5.74) is -1.44. The fourth-order valence-electron chi connectivity index (χ4n) is 2.90. The molecule has 0 aliphatic carbocycles. The molecule has 0 aliphatic heterocycles. The van der Waals surface area contributed by atoms with Gasteiger partial charge in [-0.2, -0.15) is 26.3 Å². The van der Waals surface area contributed by atoms with Gasteiger partial charge in [-0.25, -0.2) is 0 Å². The molecule has 0 bridgehead atoms. The topological polar surface area (TPSA) is 17.1 Å². The third kappa shape index (κ3) is 4.97. The van der Waals surface area contributed by atoms with E-state index < -0.39 is 23.5 Å². The Morgan fingerprint density at radius 1 is 0.633 bits per heavy atom. The first kappa shape index (κ1) is 21.4. The van der Waals surface area contributed by atoms with Crippen LogP contribution in [0.1, 0.15) is 38.2 Å². The molecule has 0 N–H and O–H groups in total. The normalized spacial score (nSPS) is 12.7. The summed E-state index contributed by atoms with van der Waals surface area (Å²) in [4.78, 5) is 10.8. The van der Waals surface area contributed by atoms with Crippen LogP contribution in [0, 0.1) is 0 Å². The zero-order valence-corrected chi connectivity index (χ0v) is 15.3. The summed E-state index contributed by atoms with van der Waals surface area (Å²) in [5.74, 6) is 0. The maximum atomic E-state index is 13.3. The van der Waals surface area contributed by atoms with Crippen molar-refractivity contribution in [1.29, 1.82) is 0 Å². The third-order valence-corrected chi connectivity index (χ3v) is 4.37. The standard InChI is InChI=1S/C23H14F6O/c24-22(25,26)19-11-18(12-20(13-19)23(27,28)29)21(17-4-2-1-3-5-17)10-15-6-8-16(14-30)9-7-15/h1-14H/b21-10+. The average molecular weight is 420 g/mol. The summed E-state index contributed by atoms with van der Waals surface area (Å²) in [6.45, 7) is 0. The lowest BCUT2D eigenvalue weighted by Gasteiger charge is -2.16. The van der Waals surface area contributed by atoms with Crippen LogP contribution in [0.25, 0.3) is 11.6 Å². The second-order valence-corrected chi connectivity index (χ2v) is 6.50. The first-order valence-electron chi connectivity index (χ1n) is 8.70. The van der Waals surface area contributed by atoms with Crippen LogP contribution in [0.5, 0.6) is 0 Å². The summed E-state index contributed by atoms with van der Waals surface area (Å²) < 4.78 is 79.8. The molecule has 0 amide bonds. The summed E-state index contributed by atoms with van der Waals surface area (Å²) in [5, 5.41) is 0. The van der Waals surface area contributed by atoms with Crippen molar-refractivity contribution in [3.63, 3.8) is 0 Å². The Labute approximate surface area is 168 Å². The zero-order valence-electron chi connectivity index (χ0n) is 15.3. The molecular weight excluding hydrogens is 406 g/mol. The molecule has 0 aliphatic rings. The number of benzene rings is 3. The van der Waals surface area contributed by atoms with E-state index in [0.717, 1.165) is 0 Å². The van der Waals surface area contributed by atoms with Crippen molar-refractivity contribution in [3.05, 3.63) is 106 Å². The van der Waals surface area contributed by atoms with Crippen LogP contribution in [0.3, 0.4) is 0 Å². The number of alkyl halides is 6. The maximum Gasteiger partial charge on any atom is 0.416 e. The van der Waals surface area contributed by atoms with Gasteiger partial charge in [0.1, 0.15) is 6.29 Å². The number of rotatable bonds is 4. The van der Waals surface area contributed by atoms with E-state index in [0.29, 0.717) is 35.1 Å². The Morgan fingerprint density at radius 2 is 1.13 bits per heavy atom. The highest BCUT2D eigenvalue weighted by molar-refractivity contribution is 5.92. The fraction of sp³-hybridized carbons (Fsp3) is 0.0870. The van der Waals surface area contributed by atoms with Gasteiger partial charge in [0, 0.05) is 5.56 Å². The molecule has 0 saturated heterocycles. The molecule has 7 heteroatoms. The van der Waals surface area contributed by atoms with E-state index in [-0.39, 0.29) is 17.2 Å². The monoisotopic (exact) mass is 420 g/mol. The molecular formula is C23H14F6O. The van der Waals surface area contributed by atoms with E-state index in [1.54, 1.807) is 42.5 Å². The van der Waals surface area contributed by atoms with Gasteiger partial charge in [0.15, 0.2) is 0 Å². The van der Waals surface area contributed by atoms with Crippen molar-refractivity contribution in [2.45, 2.75) is 12.4 Å². The number of hydrogen-bond donors (Lipinski definition) is 0. The number of halogens is 6. The maximum absolute atomic E-state index is 13.3. The molecule has 3 aromatic rings. The van der Waals surface area contributed by atoms with Gasteiger partial charge in [-0.1, -0.05) is 54.6 Å². The van der Waals surface area contributed by atoms with Gasteiger partial charge in [0.05, 0.1) is 11.1 Å². The van der Waals surface area contributed by atoms with Crippen molar-refractivity contribution in [3.8, 4) is 0 Å². The van der Waals surface area contributed by atoms with E-state index in [9.17, 15) is 31.1 Å². The van der Waals surface area contributed by atoms with E-state index >= 15 is 0 Å². The van der Waals surface area contributed by atoms with E-state index in [1.807, 2.05) is 0 Å². The molecule has 0 aromatic heterocycles. The lowest BCUT2D eigenvalue weighted by atomic mass is 9.92. The van der Waals surface area contributed by atoms with E-state index in [1.165, 1.54) is 18.2 Å². The molecule has 154 valence electrons. The predicted octanol–water partition coefficient (Wildman–Crippen LogP) is 7.13. The summed E-state index contributed by atoms with van der Waals surface area (Å²) in [6.07, 6.45) is -7.76. The highest BCUT2D eigenvalue weighted by Crippen LogP contribution is 2.39. The van der Waals surface area contributed by atoms with Crippen molar-refractivity contribution < 1.29 is 31.1 Å². The van der Waals surface area contributed by atoms with Gasteiger partial charge in [0.25, 0.3) is 0 Å². The third-order valence-electron chi connectivity index (χ3n) is 4.37. The first-order valence-corrected chi connectivity index (χ1v) is 8.70. The Bertz CT molecular complexity index is 1030. The largest absolute Gasteiger partial charge is 0.416 e. The Morgan fingerprint density at radius 3 is 1.60 bits per heavy atom. The molecule has 1 nitrogen and oxygen atoms in total. The number of carbonyl (C=O) groups is 1. The van der Waals surface area contributed by atoms with Crippen LogP contribution in [-0.4, -0.2) is 6.29 Å². The molecule has 0 unspecified atom stereocenters. The molecule has 30 heavy (non-hydrogen) atoms. The Balaban J connectivity index is 2.25. The van der Waals surface area contributed by atoms with Crippen molar-refractivity contribution >= 4 is 17.9 Å². The minimum atomic E-state index is -4.94. The van der Waals surface area contributed by atoms with Crippen LogP contribution in [0.4, 0.5) is 26.3 Å². The predicted molar refractivity (Wildman–Crippen MR) is 102 cm³/mol. The molecule has 0 saturated carbocycles. The molecule has 0 heterocycles. The van der Waals surface area contributed by atoms with Gasteiger partial charge in [-0.05, 0) is 46.5 Å². The second kappa shape index (κ2) is 8.18. The highest BCUT2D eigenvalue weighted by atomic mass is 19.4. The second-order valence-electron chi connectivity index (χ2n) is 6.50. The van der Waals surface area contributed by atoms with Crippen LogP contribution in [0.2, 0.25) is 0 Å². The van der Waals surface area contributed by atoms with Crippen LogP contribution >= 0.6 is 0 Å². The quantitative estimate of drug-likeness (QED) is 0.249. The SMILES string of the molecule is O=Cc1ccc(/C=C(\c2ccccc2)c2cc(C(F)(F)F)cc(C(F)(F)F)c2)cc1. The van der Waals surface area contributed by atoms with Crippen molar-refractivity contribution in [2.75, 3.05) is 0 Å². The van der Waals surface area contributed by atoms with Gasteiger partial charge >= 0.3 is 12.4 Å². The molecule has 0 spiro atoms. The molecule has 3 rings (SSSR count). The van der Waals surface area contributed by atoms with Gasteiger partial charge in [-0.15, -0.1) is 0 Å². The minimum Gasteiger partial charge on any atom is -0.298 e. The fourth-order valence-corrected chi connectivity index (χ4v) is 2.90. The van der Waals surface area contributed by atoms with Crippen molar-refractivity contribution in [2.24, 2.45) is 0 Å². The van der Waals surface area contributed by atoms with Gasteiger partial charge < -0.3 is 0 Å². The van der Waals surface area contributed by atoms with Crippen LogP contribution in [-0.2, 0) is 12.4 Å². The molecule has 0 radical (unpaired) electrons. The zero-order chi connectivity index (χ0) is 21.9. The minimum absolute atomic E-state index is 0.102. The number of carbonyl (C=O) groups excluding carboxylic acids is 1. The van der Waals surface area contributed by atoms with Crippen molar-refractivity contribution in [1.82, 2.24) is 0 Å². The molecule has 3 aromatic carbocycles. The van der Waals surface area contributed by atoms with Crippen LogP contribution in [0.15, 0.2) is 72.8 Å². The average Bonchev–Trinajstić information content (AvgIpc) is 2.71. The molecule has 0 atom stereocenters. The summed E-state index contributed by atoms with van der Waals surface area (Å²) >= 11 is 0. The van der Waals surface area contributed by atoms with E-state index in [4.69, 9.17) is 0 Å². The van der Waals surface area contributed by atoms with Gasteiger partial charge in [0.2, 0.25) is 0 Å². The highest BCUT2D eigenvalue weighted by Gasteiger charge is 2.37. The summed E-state index contributed by atoms with van der Waals surface area (Å²) in [6, 6.07) is 15.8. The first-order chi connectivity index (χ1) is 14.1. The van der Waals surface area contributed by atoms with Gasteiger partial charge in [-0.3, -0.25) is 4.79 Å². The number of aldehydes is 1. The lowest BCUT2D eigenvalue weighted by Crippen LogP contribution is -2.11. The summed E-state index contributed by atoms with van der Waals surface area (Å²) in [7, 11) is 0.